The zero-order valence-corrected chi connectivity index (χ0v) is 17.7. The van der Waals surface area contributed by atoms with Crippen molar-refractivity contribution >= 4 is 34.7 Å². The first-order valence-electron chi connectivity index (χ1n) is 8.80. The van der Waals surface area contributed by atoms with E-state index in [0.717, 1.165) is 26.0 Å². The van der Waals surface area contributed by atoms with Gasteiger partial charge < -0.3 is 14.8 Å². The number of carbonyl (C=O) groups is 1. The monoisotopic (exact) mass is 414 g/mol. The van der Waals surface area contributed by atoms with Crippen LogP contribution in [0.1, 0.15) is 22.4 Å². The number of allylic oxidation sites excluding steroid dienone is 1. The number of thiophene rings is 1. The number of amides is 1. The molecule has 0 aliphatic rings. The van der Waals surface area contributed by atoms with Crippen LogP contribution in [0.2, 0.25) is 0 Å². The van der Waals surface area contributed by atoms with Gasteiger partial charge in [-0.15, -0.1) is 22.7 Å². The minimum absolute atomic E-state index is 0.0666. The van der Waals surface area contributed by atoms with Gasteiger partial charge in [0.2, 0.25) is 0 Å². The molecule has 0 aliphatic carbocycles. The molecule has 1 N–H and O–H groups in total. The molecule has 0 saturated carbocycles. The summed E-state index contributed by atoms with van der Waals surface area (Å²) in [5.74, 6) is 0.965. The van der Waals surface area contributed by atoms with Crippen LogP contribution in [0, 0.1) is 6.92 Å². The largest absolute Gasteiger partial charge is 0.493 e. The molecule has 0 saturated heterocycles. The number of rotatable bonds is 8. The normalized spacial score (nSPS) is 11.0. The molecule has 0 fully saturated rings. The highest BCUT2D eigenvalue weighted by molar-refractivity contribution is 7.16. The van der Waals surface area contributed by atoms with E-state index in [0.29, 0.717) is 18.0 Å². The van der Waals surface area contributed by atoms with Gasteiger partial charge in [-0.2, -0.15) is 0 Å². The number of thiazole rings is 1. The number of aryl methyl sites for hydroxylation is 1. The molecule has 3 aromatic rings. The van der Waals surface area contributed by atoms with Gasteiger partial charge in [0, 0.05) is 10.3 Å². The van der Waals surface area contributed by atoms with E-state index in [2.05, 4.69) is 10.3 Å². The van der Waals surface area contributed by atoms with Crippen LogP contribution in [0.5, 0.6) is 11.5 Å². The topological polar surface area (TPSA) is 60.5 Å². The predicted octanol–water partition coefficient (Wildman–Crippen LogP) is 4.92. The van der Waals surface area contributed by atoms with Crippen LogP contribution >= 0.6 is 22.7 Å². The number of benzene rings is 1. The van der Waals surface area contributed by atoms with E-state index < -0.39 is 0 Å². The molecule has 1 aromatic carbocycles. The summed E-state index contributed by atoms with van der Waals surface area (Å²) in [6, 6.07) is 9.65. The summed E-state index contributed by atoms with van der Waals surface area (Å²) >= 11 is 3.26. The number of carbonyl (C=O) groups excluding carboxylic acids is 1. The van der Waals surface area contributed by atoms with Gasteiger partial charge in [0.15, 0.2) is 18.1 Å². The summed E-state index contributed by atoms with van der Waals surface area (Å²) in [5, 5.41) is 5.98. The van der Waals surface area contributed by atoms with E-state index in [1.165, 1.54) is 0 Å². The fraction of sp³-hybridized carbons (Fsp3) is 0.238. The number of hydrogen-bond donors (Lipinski definition) is 1. The van der Waals surface area contributed by atoms with Crippen molar-refractivity contribution in [1.29, 1.82) is 0 Å². The molecule has 2 aromatic heterocycles. The lowest BCUT2D eigenvalue weighted by Crippen LogP contribution is -2.28. The van der Waals surface area contributed by atoms with Crippen LogP contribution < -0.4 is 14.8 Å². The minimum Gasteiger partial charge on any atom is -0.493 e. The Kier molecular flexibility index (Phi) is 6.84. The molecule has 2 heterocycles. The molecule has 3 rings (SSSR count). The SMILES string of the molecule is C/C=C/c1ccc(OCC(=O)NCc2ccc(-c3csc(C)n3)s2)c(OC)c1. The van der Waals surface area contributed by atoms with Crippen LogP contribution in [0.25, 0.3) is 16.6 Å². The Bertz CT molecular complexity index is 976. The van der Waals surface area contributed by atoms with Gasteiger partial charge in [-0.25, -0.2) is 4.98 Å². The first-order chi connectivity index (χ1) is 13.6. The van der Waals surface area contributed by atoms with Crippen molar-refractivity contribution < 1.29 is 14.3 Å². The van der Waals surface area contributed by atoms with Crippen LogP contribution in [-0.4, -0.2) is 24.6 Å². The molecule has 5 nitrogen and oxygen atoms in total. The third-order valence-electron chi connectivity index (χ3n) is 3.90. The third-order valence-corrected chi connectivity index (χ3v) is 5.78. The second-order valence-corrected chi connectivity index (χ2v) is 8.22. The average molecular weight is 415 g/mol. The minimum atomic E-state index is -0.181. The van der Waals surface area contributed by atoms with Gasteiger partial charge in [0.25, 0.3) is 5.91 Å². The van der Waals surface area contributed by atoms with Gasteiger partial charge in [-0.1, -0.05) is 18.2 Å². The van der Waals surface area contributed by atoms with Crippen LogP contribution in [0.3, 0.4) is 0 Å². The quantitative estimate of drug-likeness (QED) is 0.568. The smallest absolute Gasteiger partial charge is 0.258 e. The Morgan fingerprint density at radius 3 is 2.82 bits per heavy atom. The molecule has 1 amide bonds. The molecule has 146 valence electrons. The fourth-order valence-corrected chi connectivity index (χ4v) is 4.16. The Hall–Kier alpha value is -2.64. The van der Waals surface area contributed by atoms with Crippen LogP contribution in [0.15, 0.2) is 41.8 Å². The van der Waals surface area contributed by atoms with E-state index in [9.17, 15) is 4.79 Å². The van der Waals surface area contributed by atoms with Crippen molar-refractivity contribution in [3.8, 4) is 22.1 Å². The first-order valence-corrected chi connectivity index (χ1v) is 10.5. The number of nitrogens with one attached hydrogen (secondary N) is 1. The molecule has 0 bridgehead atoms. The average Bonchev–Trinajstić information content (AvgIpc) is 3.34. The number of aromatic nitrogens is 1. The Morgan fingerprint density at radius 2 is 2.11 bits per heavy atom. The second-order valence-electron chi connectivity index (χ2n) is 5.99. The number of ether oxygens (including phenoxy) is 2. The highest BCUT2D eigenvalue weighted by atomic mass is 32.1. The van der Waals surface area contributed by atoms with E-state index in [-0.39, 0.29) is 12.5 Å². The van der Waals surface area contributed by atoms with Crippen molar-refractivity contribution in [2.45, 2.75) is 20.4 Å². The number of methoxy groups -OCH3 is 1. The third kappa shape index (κ3) is 5.21. The summed E-state index contributed by atoms with van der Waals surface area (Å²) in [7, 11) is 1.58. The number of hydrogen-bond acceptors (Lipinski definition) is 6. The highest BCUT2D eigenvalue weighted by Crippen LogP contribution is 2.29. The van der Waals surface area contributed by atoms with Gasteiger partial charge >= 0.3 is 0 Å². The Balaban J connectivity index is 1.52. The molecule has 0 unspecified atom stereocenters. The maximum Gasteiger partial charge on any atom is 0.258 e. The molecule has 7 heteroatoms. The van der Waals surface area contributed by atoms with E-state index in [1.54, 1.807) is 29.8 Å². The molecule has 0 aliphatic heterocycles. The molecule has 0 radical (unpaired) electrons. The van der Waals surface area contributed by atoms with Gasteiger partial charge in [-0.05, 0) is 43.7 Å². The summed E-state index contributed by atoms with van der Waals surface area (Å²) in [6.45, 7) is 4.35. The molecule has 28 heavy (non-hydrogen) atoms. The maximum absolute atomic E-state index is 12.1. The van der Waals surface area contributed by atoms with Crippen molar-refractivity contribution in [2.75, 3.05) is 13.7 Å². The lowest BCUT2D eigenvalue weighted by Gasteiger charge is -2.11. The maximum atomic E-state index is 12.1. The molecule has 0 atom stereocenters. The zero-order valence-electron chi connectivity index (χ0n) is 16.0. The Labute approximate surface area is 172 Å². The second kappa shape index (κ2) is 9.52. The summed E-state index contributed by atoms with van der Waals surface area (Å²) < 4.78 is 11.0. The van der Waals surface area contributed by atoms with E-state index >= 15 is 0 Å². The van der Waals surface area contributed by atoms with Crippen molar-refractivity contribution in [2.24, 2.45) is 0 Å². The van der Waals surface area contributed by atoms with Crippen LogP contribution in [-0.2, 0) is 11.3 Å². The van der Waals surface area contributed by atoms with Gasteiger partial charge in [-0.3, -0.25) is 4.79 Å². The standard InChI is InChI=1S/C21H22N2O3S2/c1-4-5-15-6-8-18(19(10-15)25-3)26-12-21(24)22-11-16-7-9-20(28-16)17-13-27-14(2)23-17/h4-10,13H,11-12H2,1-3H3,(H,22,24)/b5-4+. The van der Waals surface area contributed by atoms with Gasteiger partial charge in [0.1, 0.15) is 0 Å². The predicted molar refractivity (Wildman–Crippen MR) is 115 cm³/mol. The summed E-state index contributed by atoms with van der Waals surface area (Å²) in [4.78, 5) is 18.8. The lowest BCUT2D eigenvalue weighted by atomic mass is 10.2. The van der Waals surface area contributed by atoms with E-state index in [1.807, 2.05) is 61.7 Å². The number of nitrogens with zero attached hydrogens (tertiary/aromatic N) is 1. The van der Waals surface area contributed by atoms with Crippen LogP contribution in [0.4, 0.5) is 0 Å². The van der Waals surface area contributed by atoms with Crippen molar-refractivity contribution in [1.82, 2.24) is 10.3 Å². The first kappa shape index (κ1) is 20.1. The van der Waals surface area contributed by atoms with Crippen molar-refractivity contribution in [3.63, 3.8) is 0 Å². The fourth-order valence-electron chi connectivity index (χ4n) is 2.57. The summed E-state index contributed by atoms with van der Waals surface area (Å²) in [6.07, 6.45) is 3.93. The molecule has 0 spiro atoms. The van der Waals surface area contributed by atoms with Gasteiger partial charge in [0.05, 0.1) is 29.2 Å². The molecular weight excluding hydrogens is 392 g/mol. The zero-order chi connectivity index (χ0) is 19.9. The summed E-state index contributed by atoms with van der Waals surface area (Å²) in [5.41, 5.74) is 2.00. The highest BCUT2D eigenvalue weighted by Gasteiger charge is 2.10. The molecular formula is C21H22N2O3S2. The van der Waals surface area contributed by atoms with E-state index in [4.69, 9.17) is 9.47 Å². The van der Waals surface area contributed by atoms with Crippen molar-refractivity contribution in [3.05, 3.63) is 57.2 Å². The Morgan fingerprint density at radius 1 is 1.25 bits per heavy atom. The lowest BCUT2D eigenvalue weighted by molar-refractivity contribution is -0.123.